The molecule has 0 fully saturated rings. The smallest absolute Gasteiger partial charge is 0.0700 e. The van der Waals surface area contributed by atoms with Crippen molar-refractivity contribution in [1.82, 2.24) is 0 Å². The molecular formula is C12H17Cl2NO. The summed E-state index contributed by atoms with van der Waals surface area (Å²) in [5, 5.41) is 1.30. The van der Waals surface area contributed by atoms with Crippen LogP contribution in [0.5, 0.6) is 0 Å². The molecule has 2 N–H and O–H groups in total. The lowest BCUT2D eigenvalue weighted by Gasteiger charge is -2.20. The predicted octanol–water partition coefficient (Wildman–Crippen LogP) is 3.29. The van der Waals surface area contributed by atoms with Gasteiger partial charge in [-0.1, -0.05) is 29.3 Å². The molecule has 0 heterocycles. The first-order chi connectivity index (χ1) is 7.54. The minimum Gasteiger partial charge on any atom is -0.377 e. The molecule has 90 valence electrons. The summed E-state index contributed by atoms with van der Waals surface area (Å²) >= 11 is 11.9. The third-order valence-corrected chi connectivity index (χ3v) is 3.09. The predicted molar refractivity (Wildman–Crippen MR) is 69.2 cm³/mol. The lowest BCUT2D eigenvalue weighted by atomic mass is 10.0. The molecule has 4 heteroatoms. The van der Waals surface area contributed by atoms with Crippen LogP contribution in [0, 0.1) is 0 Å². The number of hydrogen-bond donors (Lipinski definition) is 1. The highest BCUT2D eigenvalue weighted by atomic mass is 35.5. The average Bonchev–Trinajstić information content (AvgIpc) is 2.22. The van der Waals surface area contributed by atoms with Gasteiger partial charge in [0.2, 0.25) is 0 Å². The molecule has 2 unspecified atom stereocenters. The normalized spacial score (nSPS) is 14.8. The van der Waals surface area contributed by atoms with Gasteiger partial charge >= 0.3 is 0 Å². The van der Waals surface area contributed by atoms with Gasteiger partial charge in [0.05, 0.1) is 6.10 Å². The molecule has 0 amide bonds. The van der Waals surface area contributed by atoms with E-state index in [0.29, 0.717) is 23.1 Å². The molecule has 1 rings (SSSR count). The summed E-state index contributed by atoms with van der Waals surface area (Å²) in [5.41, 5.74) is 7.03. The molecule has 1 aromatic carbocycles. The van der Waals surface area contributed by atoms with Gasteiger partial charge in [-0.3, -0.25) is 0 Å². The fourth-order valence-corrected chi connectivity index (χ4v) is 1.98. The van der Waals surface area contributed by atoms with Gasteiger partial charge < -0.3 is 10.5 Å². The Hall–Kier alpha value is -0.280. The van der Waals surface area contributed by atoms with E-state index >= 15 is 0 Å². The quantitative estimate of drug-likeness (QED) is 0.883. The van der Waals surface area contributed by atoms with Crippen LogP contribution >= 0.6 is 23.2 Å². The van der Waals surface area contributed by atoms with Gasteiger partial charge in [0.15, 0.2) is 0 Å². The Kier molecular flexibility index (Phi) is 5.56. The summed E-state index contributed by atoms with van der Waals surface area (Å²) in [5.74, 6) is 0. The fraction of sp³-hybridized carbons (Fsp3) is 0.500. The van der Waals surface area contributed by atoms with Crippen LogP contribution < -0.4 is 5.73 Å². The van der Waals surface area contributed by atoms with Crippen LogP contribution in [0.2, 0.25) is 10.0 Å². The highest BCUT2D eigenvalue weighted by Crippen LogP contribution is 2.22. The number of hydrogen-bond acceptors (Lipinski definition) is 2. The second kappa shape index (κ2) is 6.45. The molecule has 0 saturated heterocycles. The third-order valence-electron chi connectivity index (χ3n) is 2.50. The van der Waals surface area contributed by atoms with E-state index in [0.717, 1.165) is 5.56 Å². The summed E-state index contributed by atoms with van der Waals surface area (Å²) < 4.78 is 5.45. The standard InChI is InChI=1S/C12H17Cl2NO/c1-3-16-8(2)12(15)6-9-4-5-10(13)7-11(9)14/h4-5,7-8,12H,3,6,15H2,1-2H3. The molecule has 0 bridgehead atoms. The van der Waals surface area contributed by atoms with E-state index in [1.54, 1.807) is 6.07 Å². The molecule has 0 aromatic heterocycles. The Morgan fingerprint density at radius 3 is 2.62 bits per heavy atom. The van der Waals surface area contributed by atoms with Crippen molar-refractivity contribution >= 4 is 23.2 Å². The topological polar surface area (TPSA) is 35.2 Å². The van der Waals surface area contributed by atoms with Crippen LogP contribution in [-0.2, 0) is 11.2 Å². The van der Waals surface area contributed by atoms with E-state index < -0.39 is 0 Å². The Morgan fingerprint density at radius 2 is 2.06 bits per heavy atom. The maximum absolute atomic E-state index is 6.07. The van der Waals surface area contributed by atoms with E-state index in [4.69, 9.17) is 33.7 Å². The highest BCUT2D eigenvalue weighted by molar-refractivity contribution is 6.35. The fourth-order valence-electron chi connectivity index (χ4n) is 1.49. The molecule has 0 aliphatic heterocycles. The largest absolute Gasteiger partial charge is 0.377 e. The maximum atomic E-state index is 6.07. The average molecular weight is 262 g/mol. The summed E-state index contributed by atoms with van der Waals surface area (Å²) in [6.07, 6.45) is 0.716. The van der Waals surface area contributed by atoms with E-state index in [1.807, 2.05) is 26.0 Å². The van der Waals surface area contributed by atoms with Gasteiger partial charge in [-0.2, -0.15) is 0 Å². The monoisotopic (exact) mass is 261 g/mol. The van der Waals surface area contributed by atoms with Crippen LogP contribution in [0.3, 0.4) is 0 Å². The molecule has 0 spiro atoms. The first-order valence-corrected chi connectivity index (χ1v) is 6.11. The van der Waals surface area contributed by atoms with Crippen LogP contribution in [0.25, 0.3) is 0 Å². The third kappa shape index (κ3) is 3.95. The van der Waals surface area contributed by atoms with Gasteiger partial charge in [-0.25, -0.2) is 0 Å². The van der Waals surface area contributed by atoms with Crippen molar-refractivity contribution in [3.8, 4) is 0 Å². The van der Waals surface area contributed by atoms with E-state index in [1.165, 1.54) is 0 Å². The van der Waals surface area contributed by atoms with Crippen molar-refractivity contribution < 1.29 is 4.74 Å². The number of benzene rings is 1. The Bertz CT molecular complexity index is 344. The summed E-state index contributed by atoms with van der Waals surface area (Å²) in [7, 11) is 0. The van der Waals surface area contributed by atoms with Crippen molar-refractivity contribution in [1.29, 1.82) is 0 Å². The Labute approximate surface area is 107 Å². The Morgan fingerprint density at radius 1 is 1.38 bits per heavy atom. The molecule has 1 aromatic rings. The number of nitrogens with two attached hydrogens (primary N) is 1. The van der Waals surface area contributed by atoms with Crippen LogP contribution in [0.4, 0.5) is 0 Å². The molecule has 0 saturated carbocycles. The zero-order valence-electron chi connectivity index (χ0n) is 9.54. The molecular weight excluding hydrogens is 245 g/mol. The minimum absolute atomic E-state index is 0.0248. The SMILES string of the molecule is CCOC(C)C(N)Cc1ccc(Cl)cc1Cl. The van der Waals surface area contributed by atoms with Gasteiger partial charge in [-0.15, -0.1) is 0 Å². The minimum atomic E-state index is -0.0568. The van der Waals surface area contributed by atoms with Gasteiger partial charge in [-0.05, 0) is 38.0 Å². The number of ether oxygens (including phenoxy) is 1. The van der Waals surface area contributed by atoms with Crippen molar-refractivity contribution in [3.63, 3.8) is 0 Å². The number of halogens is 2. The Balaban J connectivity index is 2.65. The van der Waals surface area contributed by atoms with Gasteiger partial charge in [0.1, 0.15) is 0 Å². The zero-order chi connectivity index (χ0) is 12.1. The van der Waals surface area contributed by atoms with Gasteiger partial charge in [0, 0.05) is 22.7 Å². The highest BCUT2D eigenvalue weighted by Gasteiger charge is 2.14. The van der Waals surface area contributed by atoms with Crippen LogP contribution in [0.15, 0.2) is 18.2 Å². The summed E-state index contributed by atoms with van der Waals surface area (Å²) in [6.45, 7) is 4.60. The molecule has 2 atom stereocenters. The molecule has 2 nitrogen and oxygen atoms in total. The summed E-state index contributed by atoms with van der Waals surface area (Å²) in [4.78, 5) is 0. The maximum Gasteiger partial charge on any atom is 0.0700 e. The summed E-state index contributed by atoms with van der Waals surface area (Å²) in [6, 6.07) is 5.40. The lowest BCUT2D eigenvalue weighted by Crippen LogP contribution is -2.36. The van der Waals surface area contributed by atoms with Crippen molar-refractivity contribution in [3.05, 3.63) is 33.8 Å². The van der Waals surface area contributed by atoms with Crippen molar-refractivity contribution in [2.24, 2.45) is 5.73 Å². The van der Waals surface area contributed by atoms with E-state index in [2.05, 4.69) is 0 Å². The van der Waals surface area contributed by atoms with Crippen LogP contribution in [-0.4, -0.2) is 18.8 Å². The molecule has 0 radical (unpaired) electrons. The second-order valence-corrected chi connectivity index (χ2v) is 4.61. The van der Waals surface area contributed by atoms with E-state index in [9.17, 15) is 0 Å². The van der Waals surface area contributed by atoms with Gasteiger partial charge in [0.25, 0.3) is 0 Å². The first-order valence-electron chi connectivity index (χ1n) is 5.35. The molecule has 0 aliphatic carbocycles. The second-order valence-electron chi connectivity index (χ2n) is 3.76. The van der Waals surface area contributed by atoms with E-state index in [-0.39, 0.29) is 12.1 Å². The first kappa shape index (κ1) is 13.8. The molecule has 0 aliphatic rings. The number of rotatable bonds is 5. The van der Waals surface area contributed by atoms with Crippen molar-refractivity contribution in [2.75, 3.05) is 6.61 Å². The zero-order valence-corrected chi connectivity index (χ0v) is 11.1. The van der Waals surface area contributed by atoms with Crippen LogP contribution in [0.1, 0.15) is 19.4 Å². The molecule has 16 heavy (non-hydrogen) atoms. The lowest BCUT2D eigenvalue weighted by molar-refractivity contribution is 0.0577. The van der Waals surface area contributed by atoms with Crippen molar-refractivity contribution in [2.45, 2.75) is 32.4 Å².